The molecule has 0 saturated heterocycles. The molecule has 0 unspecified atom stereocenters. The van der Waals surface area contributed by atoms with Crippen molar-refractivity contribution >= 4 is 11.8 Å². The number of amides is 2. The summed E-state index contributed by atoms with van der Waals surface area (Å²) >= 11 is 0. The summed E-state index contributed by atoms with van der Waals surface area (Å²) in [6.07, 6.45) is 0.102. The summed E-state index contributed by atoms with van der Waals surface area (Å²) in [6.45, 7) is 0. The number of hydrogen-bond acceptors (Lipinski definition) is 2. The van der Waals surface area contributed by atoms with E-state index in [2.05, 4.69) is 0 Å². The van der Waals surface area contributed by atoms with Crippen molar-refractivity contribution in [1.29, 1.82) is 0 Å². The first-order chi connectivity index (χ1) is 3.63. The van der Waals surface area contributed by atoms with E-state index in [1.165, 1.54) is 0 Å². The van der Waals surface area contributed by atoms with E-state index in [0.717, 1.165) is 0 Å². The number of nitrogens with two attached hydrogens (primary N) is 2. The van der Waals surface area contributed by atoms with Crippen LogP contribution >= 0.6 is 0 Å². The molecule has 4 nitrogen and oxygen atoms in total. The Hall–Kier alpha value is -0.437. The quantitative estimate of drug-likeness (QED) is 0.532. The average molecular weight is 182 g/mol. The van der Waals surface area contributed by atoms with Gasteiger partial charge in [0.15, 0.2) is 0 Å². The van der Waals surface area contributed by atoms with Crippen LogP contribution in [0.15, 0.2) is 0 Å². The minimum atomic E-state index is -0.496. The van der Waals surface area contributed by atoms with Gasteiger partial charge in [0.05, 0.1) is 0 Å². The van der Waals surface area contributed by atoms with E-state index in [-0.39, 0.29) is 32.3 Å². The first-order valence-corrected chi connectivity index (χ1v) is 2.19. The molecule has 9 heavy (non-hydrogen) atoms. The maximum Gasteiger partial charge on any atom is 0.217 e. The van der Waals surface area contributed by atoms with Crippen LogP contribution < -0.4 is 11.5 Å². The minimum absolute atomic E-state index is 0. The van der Waals surface area contributed by atoms with Crippen LogP contribution in [0.1, 0.15) is 12.8 Å². The zero-order valence-electron chi connectivity index (χ0n) is 5.09. The largest absolute Gasteiger partial charge is 0.370 e. The molecule has 0 aromatic heterocycles. The second-order valence-electron chi connectivity index (χ2n) is 1.43. The van der Waals surface area contributed by atoms with Crippen molar-refractivity contribution in [3.05, 3.63) is 0 Å². The molecule has 0 spiro atoms. The number of rotatable bonds is 3. The predicted molar refractivity (Wildman–Crippen MR) is 27.6 cm³/mol. The van der Waals surface area contributed by atoms with Crippen LogP contribution in [0.4, 0.5) is 0 Å². The third kappa shape index (κ3) is 11.2. The molecule has 48 valence electrons. The number of hydrogen-bond donors (Lipinski definition) is 2. The Morgan fingerprint density at radius 2 is 1.22 bits per heavy atom. The second-order valence-corrected chi connectivity index (χ2v) is 1.43. The third-order valence-electron chi connectivity index (χ3n) is 0.618. The number of carbonyl (C=O) groups is 2. The van der Waals surface area contributed by atoms with Gasteiger partial charge in [-0.2, -0.15) is 0 Å². The van der Waals surface area contributed by atoms with Crippen LogP contribution in [0, 0.1) is 0 Å². The first kappa shape index (κ1) is 11.4. The zero-order chi connectivity index (χ0) is 6.57. The Morgan fingerprint density at radius 1 is 1.00 bits per heavy atom. The van der Waals surface area contributed by atoms with Gasteiger partial charge in [-0.3, -0.25) is 9.59 Å². The Bertz CT molecular complexity index is 101. The van der Waals surface area contributed by atoms with Gasteiger partial charge in [-0.05, 0) is 0 Å². The van der Waals surface area contributed by atoms with E-state index >= 15 is 0 Å². The molecule has 2 amide bonds. The van der Waals surface area contributed by atoms with Crippen molar-refractivity contribution in [1.82, 2.24) is 0 Å². The number of primary amides is 2. The van der Waals surface area contributed by atoms with Crippen LogP contribution in [0.25, 0.3) is 0 Å². The molecule has 0 aliphatic heterocycles. The van der Waals surface area contributed by atoms with Gasteiger partial charge in [0, 0.05) is 32.3 Å². The smallest absolute Gasteiger partial charge is 0.217 e. The van der Waals surface area contributed by atoms with Crippen molar-refractivity contribution in [2.24, 2.45) is 11.5 Å². The van der Waals surface area contributed by atoms with Gasteiger partial charge in [0.1, 0.15) is 0 Å². The minimum Gasteiger partial charge on any atom is -0.370 e. The van der Waals surface area contributed by atoms with Gasteiger partial charge in [-0.1, -0.05) is 0 Å². The average Bonchev–Trinajstić information content (AvgIpc) is 1.61. The van der Waals surface area contributed by atoms with Crippen molar-refractivity contribution < 1.29 is 29.1 Å². The van der Waals surface area contributed by atoms with Gasteiger partial charge in [-0.25, -0.2) is 0 Å². The van der Waals surface area contributed by atoms with Crippen LogP contribution in [0.5, 0.6) is 0 Å². The molecule has 4 N–H and O–H groups in total. The van der Waals surface area contributed by atoms with Crippen LogP contribution in [0.2, 0.25) is 0 Å². The standard InChI is InChI=1S/C4H8N2O2.Zn/c5-3(7)1-2-4(6)8;/h1-2H2,(H2,5,7)(H2,6,8);. The van der Waals surface area contributed by atoms with Gasteiger partial charge >= 0.3 is 0 Å². The summed E-state index contributed by atoms with van der Waals surface area (Å²) in [5.74, 6) is -0.993. The van der Waals surface area contributed by atoms with Crippen molar-refractivity contribution in [2.45, 2.75) is 12.8 Å². The maximum atomic E-state index is 9.92. The Kier molecular flexibility index (Phi) is 7.20. The molecule has 0 aromatic carbocycles. The third-order valence-corrected chi connectivity index (χ3v) is 0.618. The summed E-state index contributed by atoms with van der Waals surface area (Å²) < 4.78 is 0. The number of carbonyl (C=O) groups excluding carboxylic acids is 2. The molecular formula is C4H8N2O2Zn. The Morgan fingerprint density at radius 3 is 1.33 bits per heavy atom. The summed E-state index contributed by atoms with van der Waals surface area (Å²) in [6, 6.07) is 0. The van der Waals surface area contributed by atoms with Crippen molar-refractivity contribution in [3.63, 3.8) is 0 Å². The first-order valence-electron chi connectivity index (χ1n) is 2.19. The Balaban J connectivity index is 0. The molecular weight excluding hydrogens is 173 g/mol. The summed E-state index contributed by atoms with van der Waals surface area (Å²) in [5, 5.41) is 0. The van der Waals surface area contributed by atoms with Crippen LogP contribution in [-0.4, -0.2) is 11.8 Å². The molecule has 5 heteroatoms. The van der Waals surface area contributed by atoms with Gasteiger partial charge in [0.25, 0.3) is 0 Å². The fourth-order valence-corrected chi connectivity index (χ4v) is 0.246. The summed E-state index contributed by atoms with van der Waals surface area (Å²) in [7, 11) is 0. The van der Waals surface area contributed by atoms with E-state index in [9.17, 15) is 9.59 Å². The fourth-order valence-electron chi connectivity index (χ4n) is 0.246. The molecule has 0 aromatic rings. The molecule has 0 fully saturated rings. The molecule has 0 saturated carbocycles. The molecule has 0 radical (unpaired) electrons. The zero-order valence-corrected chi connectivity index (χ0v) is 8.06. The molecule has 0 bridgehead atoms. The normalized spacial score (nSPS) is 7.56. The van der Waals surface area contributed by atoms with E-state index < -0.39 is 11.8 Å². The van der Waals surface area contributed by atoms with Crippen molar-refractivity contribution in [2.75, 3.05) is 0 Å². The van der Waals surface area contributed by atoms with Crippen LogP contribution in [-0.2, 0) is 29.1 Å². The Labute approximate surface area is 65.7 Å². The van der Waals surface area contributed by atoms with E-state index in [0.29, 0.717) is 0 Å². The summed E-state index contributed by atoms with van der Waals surface area (Å²) in [4.78, 5) is 19.8. The van der Waals surface area contributed by atoms with E-state index in [1.54, 1.807) is 0 Å². The van der Waals surface area contributed by atoms with E-state index in [4.69, 9.17) is 11.5 Å². The van der Waals surface area contributed by atoms with Gasteiger partial charge < -0.3 is 11.5 Å². The van der Waals surface area contributed by atoms with Crippen molar-refractivity contribution in [3.8, 4) is 0 Å². The SMILES string of the molecule is NC(=O)CCC(N)=O.[Zn]. The van der Waals surface area contributed by atoms with Gasteiger partial charge in [0.2, 0.25) is 11.8 Å². The summed E-state index contributed by atoms with van der Waals surface area (Å²) in [5.41, 5.74) is 9.39. The van der Waals surface area contributed by atoms with Gasteiger partial charge in [-0.15, -0.1) is 0 Å². The van der Waals surface area contributed by atoms with E-state index in [1.807, 2.05) is 0 Å². The molecule has 0 heterocycles. The predicted octanol–water partition coefficient (Wildman–Crippen LogP) is -1.27. The molecule has 0 aliphatic rings. The molecule has 0 aliphatic carbocycles. The van der Waals surface area contributed by atoms with Crippen LogP contribution in [0.3, 0.4) is 0 Å². The maximum absolute atomic E-state index is 9.92. The monoisotopic (exact) mass is 180 g/mol. The fraction of sp³-hybridized carbons (Fsp3) is 0.500. The molecule has 0 atom stereocenters. The second kappa shape index (κ2) is 5.70. The topological polar surface area (TPSA) is 86.2 Å². The molecule has 0 rings (SSSR count).